The SMILES string of the molecule is O=C1[C@@H](F)[C@@H](c2ccccc2)N1c1ccccc1. The van der Waals surface area contributed by atoms with Gasteiger partial charge in [-0.05, 0) is 17.7 Å². The van der Waals surface area contributed by atoms with Gasteiger partial charge in [-0.25, -0.2) is 4.39 Å². The van der Waals surface area contributed by atoms with Crippen molar-refractivity contribution in [1.29, 1.82) is 0 Å². The van der Waals surface area contributed by atoms with E-state index in [-0.39, 0.29) is 0 Å². The average Bonchev–Trinajstić information content (AvgIpc) is 2.45. The predicted molar refractivity (Wildman–Crippen MR) is 68.0 cm³/mol. The number of nitrogens with zero attached hydrogens (tertiary/aromatic N) is 1. The molecule has 1 aliphatic heterocycles. The van der Waals surface area contributed by atoms with Crippen LogP contribution in [-0.2, 0) is 4.79 Å². The topological polar surface area (TPSA) is 20.3 Å². The van der Waals surface area contributed by atoms with Gasteiger partial charge in [0.15, 0.2) is 0 Å². The minimum absolute atomic E-state index is 0.463. The highest BCUT2D eigenvalue weighted by Gasteiger charge is 2.49. The molecule has 0 aromatic heterocycles. The molecule has 2 atom stereocenters. The van der Waals surface area contributed by atoms with Crippen LogP contribution in [0.1, 0.15) is 11.6 Å². The van der Waals surface area contributed by atoms with Crippen LogP contribution in [0.2, 0.25) is 0 Å². The van der Waals surface area contributed by atoms with Crippen LogP contribution in [-0.4, -0.2) is 12.1 Å². The van der Waals surface area contributed by atoms with Crippen molar-refractivity contribution >= 4 is 11.6 Å². The second-order valence-electron chi connectivity index (χ2n) is 4.30. The Morgan fingerprint density at radius 2 is 1.44 bits per heavy atom. The maximum Gasteiger partial charge on any atom is 0.264 e. The molecule has 2 aromatic rings. The lowest BCUT2D eigenvalue weighted by molar-refractivity contribution is -0.131. The van der Waals surface area contributed by atoms with Gasteiger partial charge < -0.3 is 0 Å². The molecule has 90 valence electrons. The first kappa shape index (κ1) is 11.0. The van der Waals surface area contributed by atoms with Crippen molar-refractivity contribution in [2.75, 3.05) is 4.90 Å². The number of carbonyl (C=O) groups excluding carboxylic acids is 1. The molecule has 0 radical (unpaired) electrons. The standard InChI is InChI=1S/C15H12FNO/c16-13-14(11-7-3-1-4-8-11)17(15(13)18)12-9-5-2-6-10-12/h1-10,13-14H/t13-,14+/m0/s1. The van der Waals surface area contributed by atoms with E-state index in [1.54, 1.807) is 0 Å². The van der Waals surface area contributed by atoms with E-state index in [4.69, 9.17) is 0 Å². The fraction of sp³-hybridized carbons (Fsp3) is 0.133. The summed E-state index contributed by atoms with van der Waals surface area (Å²) >= 11 is 0. The maximum atomic E-state index is 13.8. The minimum Gasteiger partial charge on any atom is -0.299 e. The Kier molecular flexibility index (Phi) is 2.59. The first-order valence-corrected chi connectivity index (χ1v) is 5.86. The Morgan fingerprint density at radius 1 is 0.889 bits per heavy atom. The van der Waals surface area contributed by atoms with E-state index in [0.717, 1.165) is 11.3 Å². The Bertz CT molecular complexity index is 555. The van der Waals surface area contributed by atoms with Crippen molar-refractivity contribution in [3.63, 3.8) is 0 Å². The summed E-state index contributed by atoms with van der Waals surface area (Å²) in [6, 6.07) is 18.0. The molecule has 1 aliphatic rings. The highest BCUT2D eigenvalue weighted by Crippen LogP contribution is 2.40. The molecular formula is C15H12FNO. The summed E-state index contributed by atoms with van der Waals surface area (Å²) < 4.78 is 13.8. The van der Waals surface area contributed by atoms with Crippen molar-refractivity contribution in [2.45, 2.75) is 12.2 Å². The molecule has 0 bridgehead atoms. The zero-order valence-corrected chi connectivity index (χ0v) is 9.66. The lowest BCUT2D eigenvalue weighted by atomic mass is 9.91. The summed E-state index contributed by atoms with van der Waals surface area (Å²) in [5.74, 6) is -0.463. The molecule has 3 rings (SSSR count). The zero-order valence-electron chi connectivity index (χ0n) is 9.66. The molecule has 2 nitrogen and oxygen atoms in total. The Balaban J connectivity index is 1.97. The number of rotatable bonds is 2. The summed E-state index contributed by atoms with van der Waals surface area (Å²) in [5.41, 5.74) is 1.57. The van der Waals surface area contributed by atoms with Crippen LogP contribution in [0.5, 0.6) is 0 Å². The molecule has 0 N–H and O–H groups in total. The van der Waals surface area contributed by atoms with Crippen molar-refractivity contribution in [1.82, 2.24) is 0 Å². The smallest absolute Gasteiger partial charge is 0.264 e. The molecular weight excluding hydrogens is 229 g/mol. The van der Waals surface area contributed by atoms with Gasteiger partial charge in [0.1, 0.15) is 6.04 Å². The molecule has 1 amide bonds. The third kappa shape index (κ3) is 1.59. The number of anilines is 1. The van der Waals surface area contributed by atoms with Crippen molar-refractivity contribution in [3.8, 4) is 0 Å². The van der Waals surface area contributed by atoms with Crippen molar-refractivity contribution in [3.05, 3.63) is 66.2 Å². The van der Waals surface area contributed by atoms with E-state index in [9.17, 15) is 9.18 Å². The molecule has 1 saturated heterocycles. The zero-order chi connectivity index (χ0) is 12.5. The normalized spacial score (nSPS) is 22.7. The van der Waals surface area contributed by atoms with Gasteiger partial charge in [-0.15, -0.1) is 0 Å². The van der Waals surface area contributed by atoms with Gasteiger partial charge in [-0.1, -0.05) is 48.5 Å². The van der Waals surface area contributed by atoms with E-state index in [1.165, 1.54) is 4.90 Å². The molecule has 0 spiro atoms. The van der Waals surface area contributed by atoms with Gasteiger partial charge in [0.25, 0.3) is 5.91 Å². The molecule has 0 saturated carbocycles. The number of hydrogen-bond donors (Lipinski definition) is 0. The number of alkyl halides is 1. The van der Waals surface area contributed by atoms with E-state index in [1.807, 2.05) is 60.7 Å². The van der Waals surface area contributed by atoms with Gasteiger partial charge in [-0.2, -0.15) is 0 Å². The quantitative estimate of drug-likeness (QED) is 0.740. The Morgan fingerprint density at radius 3 is 2.06 bits per heavy atom. The van der Waals surface area contributed by atoms with Gasteiger partial charge in [0, 0.05) is 5.69 Å². The van der Waals surface area contributed by atoms with Crippen LogP contribution in [0.15, 0.2) is 60.7 Å². The molecule has 2 aromatic carbocycles. The molecule has 18 heavy (non-hydrogen) atoms. The largest absolute Gasteiger partial charge is 0.299 e. The van der Waals surface area contributed by atoms with Gasteiger partial charge in [0.05, 0.1) is 0 Å². The van der Waals surface area contributed by atoms with Gasteiger partial charge >= 0.3 is 0 Å². The van der Waals surface area contributed by atoms with E-state index < -0.39 is 18.1 Å². The maximum absolute atomic E-state index is 13.8. The number of carbonyl (C=O) groups is 1. The van der Waals surface area contributed by atoms with E-state index in [0.29, 0.717) is 0 Å². The van der Waals surface area contributed by atoms with E-state index >= 15 is 0 Å². The number of hydrogen-bond acceptors (Lipinski definition) is 1. The lowest BCUT2D eigenvalue weighted by Crippen LogP contribution is -2.57. The molecule has 0 unspecified atom stereocenters. The highest BCUT2D eigenvalue weighted by molar-refractivity contribution is 6.05. The number of β-lactam (4-membered cyclic amide) rings is 1. The third-order valence-electron chi connectivity index (χ3n) is 3.20. The molecule has 1 fully saturated rings. The fourth-order valence-corrected chi connectivity index (χ4v) is 2.30. The summed E-state index contributed by atoms with van der Waals surface area (Å²) in [5, 5.41) is 0. The molecule has 1 heterocycles. The number of para-hydroxylation sites is 1. The summed E-state index contributed by atoms with van der Waals surface area (Å²) in [6.07, 6.45) is -1.44. The average molecular weight is 241 g/mol. The number of amides is 1. The van der Waals surface area contributed by atoms with Crippen LogP contribution in [0.3, 0.4) is 0 Å². The molecule has 3 heteroatoms. The Labute approximate surface area is 105 Å². The van der Waals surface area contributed by atoms with Gasteiger partial charge in [0.2, 0.25) is 6.17 Å². The second-order valence-corrected chi connectivity index (χ2v) is 4.30. The first-order chi connectivity index (χ1) is 8.79. The third-order valence-corrected chi connectivity index (χ3v) is 3.20. The van der Waals surface area contributed by atoms with Crippen molar-refractivity contribution < 1.29 is 9.18 Å². The second kappa shape index (κ2) is 4.26. The summed E-state index contributed by atoms with van der Waals surface area (Å²) in [7, 11) is 0. The highest BCUT2D eigenvalue weighted by atomic mass is 19.1. The summed E-state index contributed by atoms with van der Waals surface area (Å²) in [6.45, 7) is 0. The molecule has 0 aliphatic carbocycles. The van der Waals surface area contributed by atoms with E-state index in [2.05, 4.69) is 0 Å². The van der Waals surface area contributed by atoms with Crippen LogP contribution in [0, 0.1) is 0 Å². The van der Waals surface area contributed by atoms with Crippen LogP contribution in [0.4, 0.5) is 10.1 Å². The van der Waals surface area contributed by atoms with Crippen LogP contribution >= 0.6 is 0 Å². The monoisotopic (exact) mass is 241 g/mol. The number of halogens is 1. The van der Waals surface area contributed by atoms with Gasteiger partial charge in [-0.3, -0.25) is 9.69 Å². The van der Waals surface area contributed by atoms with Crippen molar-refractivity contribution in [2.24, 2.45) is 0 Å². The van der Waals surface area contributed by atoms with Crippen LogP contribution < -0.4 is 4.90 Å². The summed E-state index contributed by atoms with van der Waals surface area (Å²) in [4.78, 5) is 13.2. The predicted octanol–water partition coefficient (Wildman–Crippen LogP) is 3.11. The minimum atomic E-state index is -1.44. The van der Waals surface area contributed by atoms with Crippen LogP contribution in [0.25, 0.3) is 0 Å². The lowest BCUT2D eigenvalue weighted by Gasteiger charge is -2.43. The number of benzene rings is 2. The Hall–Kier alpha value is -2.16. The fourth-order valence-electron chi connectivity index (χ4n) is 2.30. The first-order valence-electron chi connectivity index (χ1n) is 5.86.